The molecule has 0 saturated carbocycles. The summed E-state index contributed by atoms with van der Waals surface area (Å²) in [5, 5.41) is 0. The molecule has 1 fully saturated rings. The largest absolute Gasteiger partial charge is 0.299 e. The second kappa shape index (κ2) is 7.91. The predicted molar refractivity (Wildman–Crippen MR) is 106 cm³/mol. The third-order valence-corrected chi connectivity index (χ3v) is 6.86. The number of rotatable bonds is 6. The van der Waals surface area contributed by atoms with Crippen LogP contribution in [-0.4, -0.2) is 55.7 Å². The van der Waals surface area contributed by atoms with Crippen LogP contribution in [0.15, 0.2) is 65.6 Å². The Hall–Kier alpha value is -1.69. The monoisotopic (exact) mass is 372 g/mol. The van der Waals surface area contributed by atoms with Crippen LogP contribution < -0.4 is 0 Å². The van der Waals surface area contributed by atoms with Gasteiger partial charge in [-0.1, -0.05) is 48.5 Å². The second-order valence-electron chi connectivity index (χ2n) is 7.63. The van der Waals surface area contributed by atoms with Gasteiger partial charge in [0.15, 0.2) is 9.84 Å². The third kappa shape index (κ3) is 4.72. The maximum Gasteiger partial charge on any atom is 0.179 e. The summed E-state index contributed by atoms with van der Waals surface area (Å²) in [6.45, 7) is 8.74. The van der Waals surface area contributed by atoms with E-state index in [1.54, 1.807) is 24.3 Å². The highest BCUT2D eigenvalue weighted by Gasteiger charge is 2.33. The van der Waals surface area contributed by atoms with Crippen LogP contribution in [-0.2, 0) is 16.4 Å². The Morgan fingerprint density at radius 1 is 0.923 bits per heavy atom. The zero-order chi connectivity index (χ0) is 18.6. The molecule has 5 heteroatoms. The number of hydrogen-bond donors (Lipinski definition) is 0. The number of piperazine rings is 1. The fraction of sp³-hybridized carbons (Fsp3) is 0.429. The number of nitrogens with zero attached hydrogens (tertiary/aromatic N) is 2. The minimum atomic E-state index is -3.21. The number of hydrogen-bond acceptors (Lipinski definition) is 4. The van der Waals surface area contributed by atoms with Crippen molar-refractivity contribution in [1.29, 1.82) is 0 Å². The molecule has 26 heavy (non-hydrogen) atoms. The van der Waals surface area contributed by atoms with Crippen LogP contribution in [0.4, 0.5) is 0 Å². The van der Waals surface area contributed by atoms with E-state index in [0.29, 0.717) is 11.4 Å². The minimum Gasteiger partial charge on any atom is -0.299 e. The van der Waals surface area contributed by atoms with Gasteiger partial charge in [-0.05, 0) is 31.5 Å². The van der Waals surface area contributed by atoms with Crippen LogP contribution in [0.1, 0.15) is 19.4 Å². The highest BCUT2D eigenvalue weighted by Crippen LogP contribution is 2.23. The quantitative estimate of drug-likeness (QED) is 0.781. The van der Waals surface area contributed by atoms with Gasteiger partial charge < -0.3 is 0 Å². The third-order valence-electron chi connectivity index (χ3n) is 5.15. The van der Waals surface area contributed by atoms with Crippen molar-refractivity contribution in [2.75, 3.05) is 31.9 Å². The van der Waals surface area contributed by atoms with Crippen molar-refractivity contribution in [3.63, 3.8) is 0 Å². The van der Waals surface area contributed by atoms with Gasteiger partial charge in [0.1, 0.15) is 0 Å². The van der Waals surface area contributed by atoms with Crippen molar-refractivity contribution in [1.82, 2.24) is 9.80 Å². The molecule has 2 aromatic rings. The van der Waals surface area contributed by atoms with E-state index in [4.69, 9.17) is 0 Å². The van der Waals surface area contributed by atoms with Crippen LogP contribution in [0, 0.1) is 0 Å². The molecule has 0 aromatic heterocycles. The van der Waals surface area contributed by atoms with E-state index in [1.807, 2.05) is 12.1 Å². The van der Waals surface area contributed by atoms with Gasteiger partial charge in [-0.25, -0.2) is 8.42 Å². The molecule has 0 radical (unpaired) electrons. The first-order chi connectivity index (χ1) is 12.4. The molecule has 0 N–H and O–H groups in total. The van der Waals surface area contributed by atoms with Crippen LogP contribution in [0.5, 0.6) is 0 Å². The average Bonchev–Trinajstić information content (AvgIpc) is 2.63. The zero-order valence-corrected chi connectivity index (χ0v) is 16.5. The lowest BCUT2D eigenvalue weighted by atomic mass is 9.98. The minimum absolute atomic E-state index is 0.0185. The Morgan fingerprint density at radius 3 is 2.15 bits per heavy atom. The molecular formula is C21H28N2O2S. The predicted octanol–water partition coefficient (Wildman–Crippen LogP) is 3.06. The van der Waals surface area contributed by atoms with Crippen LogP contribution >= 0.6 is 0 Å². The molecule has 0 bridgehead atoms. The molecule has 1 heterocycles. The molecule has 4 nitrogen and oxygen atoms in total. The maximum absolute atomic E-state index is 12.5. The first kappa shape index (κ1) is 19.1. The molecule has 0 aliphatic carbocycles. The summed E-state index contributed by atoms with van der Waals surface area (Å²) in [5.41, 5.74) is 1.34. The van der Waals surface area contributed by atoms with Crippen molar-refractivity contribution < 1.29 is 8.42 Å². The highest BCUT2D eigenvalue weighted by atomic mass is 32.2. The molecule has 140 valence electrons. The Balaban J connectivity index is 1.58. The fourth-order valence-corrected chi connectivity index (χ4v) is 4.88. The van der Waals surface area contributed by atoms with Crippen molar-refractivity contribution >= 4 is 9.84 Å². The van der Waals surface area contributed by atoms with E-state index in [1.165, 1.54) is 5.56 Å². The summed E-state index contributed by atoms with van der Waals surface area (Å²) in [7, 11) is -3.21. The van der Waals surface area contributed by atoms with Gasteiger partial charge in [-0.2, -0.15) is 0 Å². The lowest BCUT2D eigenvalue weighted by Gasteiger charge is -2.47. The average molecular weight is 373 g/mol. The Morgan fingerprint density at radius 2 is 1.54 bits per heavy atom. The van der Waals surface area contributed by atoms with Crippen molar-refractivity contribution in [2.45, 2.75) is 30.8 Å². The smallest absolute Gasteiger partial charge is 0.179 e. The van der Waals surface area contributed by atoms with Gasteiger partial charge in [-0.3, -0.25) is 9.80 Å². The molecule has 1 saturated heterocycles. The van der Waals surface area contributed by atoms with E-state index < -0.39 is 9.84 Å². The van der Waals surface area contributed by atoms with Gasteiger partial charge in [0.25, 0.3) is 0 Å². The highest BCUT2D eigenvalue weighted by molar-refractivity contribution is 7.91. The Labute approximate surface area is 157 Å². The van der Waals surface area contributed by atoms with Crippen molar-refractivity contribution in [2.24, 2.45) is 0 Å². The van der Waals surface area contributed by atoms with Gasteiger partial charge in [0, 0.05) is 38.3 Å². The molecule has 0 atom stereocenters. The van der Waals surface area contributed by atoms with Crippen molar-refractivity contribution in [3.05, 3.63) is 66.2 Å². The van der Waals surface area contributed by atoms with Gasteiger partial charge in [0.2, 0.25) is 0 Å². The molecule has 1 aliphatic rings. The van der Waals surface area contributed by atoms with Crippen LogP contribution in [0.25, 0.3) is 0 Å². The second-order valence-corrected chi connectivity index (χ2v) is 9.74. The summed E-state index contributed by atoms with van der Waals surface area (Å²) in [6.07, 6.45) is 0. The lowest BCUT2D eigenvalue weighted by molar-refractivity contribution is 0.0165. The molecule has 0 unspecified atom stereocenters. The Bertz CT molecular complexity index is 804. The van der Waals surface area contributed by atoms with Crippen molar-refractivity contribution in [3.8, 4) is 0 Å². The molecular weight excluding hydrogens is 344 g/mol. The lowest BCUT2D eigenvalue weighted by Crippen LogP contribution is -2.59. The first-order valence-electron chi connectivity index (χ1n) is 9.16. The van der Waals surface area contributed by atoms with Gasteiger partial charge in [-0.15, -0.1) is 0 Å². The summed E-state index contributed by atoms with van der Waals surface area (Å²) >= 11 is 0. The summed E-state index contributed by atoms with van der Waals surface area (Å²) in [4.78, 5) is 5.19. The van der Waals surface area contributed by atoms with Gasteiger partial charge >= 0.3 is 0 Å². The van der Waals surface area contributed by atoms with E-state index >= 15 is 0 Å². The SMILES string of the molecule is CC1(C)CN(CCS(=O)(=O)c2ccccc2)CCN1Cc1ccccc1. The fourth-order valence-electron chi connectivity index (χ4n) is 3.57. The number of sulfone groups is 1. The molecule has 3 rings (SSSR count). The van der Waals surface area contributed by atoms with Gasteiger partial charge in [0.05, 0.1) is 10.6 Å². The first-order valence-corrected chi connectivity index (χ1v) is 10.8. The van der Waals surface area contributed by atoms with E-state index in [2.05, 4.69) is 47.9 Å². The zero-order valence-electron chi connectivity index (χ0n) is 15.6. The maximum atomic E-state index is 12.5. The summed E-state index contributed by atoms with van der Waals surface area (Å²) < 4.78 is 25.0. The molecule has 0 amide bonds. The van der Waals surface area contributed by atoms with Crippen LogP contribution in [0.3, 0.4) is 0 Å². The van der Waals surface area contributed by atoms with E-state index in [9.17, 15) is 8.42 Å². The molecule has 0 spiro atoms. The number of benzene rings is 2. The Kier molecular flexibility index (Phi) is 5.80. The van der Waals surface area contributed by atoms with Crippen LogP contribution in [0.2, 0.25) is 0 Å². The van der Waals surface area contributed by atoms with E-state index in [0.717, 1.165) is 26.2 Å². The standard InChI is InChI=1S/C21H28N2O2S/c1-21(2)18-22(13-14-23(21)17-19-9-5-3-6-10-19)15-16-26(24,25)20-11-7-4-8-12-20/h3-12H,13-18H2,1-2H3. The molecule has 1 aliphatic heterocycles. The summed E-state index contributed by atoms with van der Waals surface area (Å²) in [6, 6.07) is 19.3. The molecule has 2 aromatic carbocycles. The topological polar surface area (TPSA) is 40.6 Å². The summed E-state index contributed by atoms with van der Waals surface area (Å²) in [5.74, 6) is 0.172. The van der Waals surface area contributed by atoms with E-state index in [-0.39, 0.29) is 11.3 Å². The normalized spacial score (nSPS) is 18.7.